The molecule has 9 rings (SSSR count). The Morgan fingerprint density at radius 1 is 0.417 bits per heavy atom. The molecule has 48 heavy (non-hydrogen) atoms. The van der Waals surface area contributed by atoms with Crippen LogP contribution in [0.4, 0.5) is 0 Å². The lowest BCUT2D eigenvalue weighted by molar-refractivity contribution is 1.00. The van der Waals surface area contributed by atoms with Crippen LogP contribution in [0.15, 0.2) is 152 Å². The summed E-state index contributed by atoms with van der Waals surface area (Å²) in [7, 11) is 0. The van der Waals surface area contributed by atoms with Gasteiger partial charge in [-0.15, -0.1) is 0 Å². The molecule has 1 heterocycles. The van der Waals surface area contributed by atoms with Crippen molar-refractivity contribution in [3.05, 3.63) is 174 Å². The van der Waals surface area contributed by atoms with Crippen molar-refractivity contribution in [3.8, 4) is 33.6 Å². The van der Waals surface area contributed by atoms with E-state index in [1.54, 1.807) is 0 Å². The summed E-state index contributed by atoms with van der Waals surface area (Å²) in [6.07, 6.45) is 13.3. The number of aromatic nitrogens is 2. The highest BCUT2D eigenvalue weighted by Gasteiger charge is 2.19. The Labute approximate surface area is 281 Å². The van der Waals surface area contributed by atoms with Crippen molar-refractivity contribution in [1.82, 2.24) is 9.97 Å². The molecule has 6 aromatic carbocycles. The topological polar surface area (TPSA) is 25.8 Å². The van der Waals surface area contributed by atoms with Crippen molar-refractivity contribution in [2.45, 2.75) is 25.7 Å². The molecule has 0 spiro atoms. The maximum atomic E-state index is 5.18. The number of fused-ring (bicyclic) bond motifs is 6. The molecular weight excluding hydrogens is 581 g/mol. The molecule has 2 aliphatic rings. The lowest BCUT2D eigenvalue weighted by Crippen LogP contribution is -2.03. The van der Waals surface area contributed by atoms with Gasteiger partial charge >= 0.3 is 0 Å². The first-order valence-electron chi connectivity index (χ1n) is 16.9. The van der Waals surface area contributed by atoms with Gasteiger partial charge in [0.1, 0.15) is 0 Å². The van der Waals surface area contributed by atoms with E-state index in [0.29, 0.717) is 0 Å². The number of benzene rings is 6. The van der Waals surface area contributed by atoms with Crippen LogP contribution in [0.5, 0.6) is 0 Å². The van der Waals surface area contributed by atoms with Gasteiger partial charge in [-0.1, -0.05) is 140 Å². The third-order valence-corrected chi connectivity index (χ3v) is 9.84. The molecule has 0 N–H and O–H groups in total. The second-order valence-electron chi connectivity index (χ2n) is 12.7. The van der Waals surface area contributed by atoms with Crippen LogP contribution in [0.2, 0.25) is 0 Å². The van der Waals surface area contributed by atoms with Crippen LogP contribution in [-0.2, 0) is 6.42 Å². The van der Waals surface area contributed by atoms with E-state index in [2.05, 4.69) is 146 Å². The zero-order chi connectivity index (χ0) is 31.9. The molecule has 0 radical (unpaired) electrons. The van der Waals surface area contributed by atoms with Gasteiger partial charge in [-0.25, -0.2) is 9.97 Å². The van der Waals surface area contributed by atoms with E-state index >= 15 is 0 Å². The van der Waals surface area contributed by atoms with E-state index in [0.717, 1.165) is 59.6 Å². The van der Waals surface area contributed by atoms with E-state index in [4.69, 9.17) is 9.97 Å². The lowest BCUT2D eigenvalue weighted by Gasteiger charge is -2.19. The predicted molar refractivity (Wildman–Crippen MR) is 202 cm³/mol. The maximum Gasteiger partial charge on any atom is 0.160 e. The van der Waals surface area contributed by atoms with Gasteiger partial charge in [-0.2, -0.15) is 0 Å². The average molecular weight is 615 g/mol. The Balaban J connectivity index is 1.19. The van der Waals surface area contributed by atoms with Gasteiger partial charge in [0.05, 0.1) is 11.4 Å². The van der Waals surface area contributed by atoms with Crippen molar-refractivity contribution in [2.24, 2.45) is 0 Å². The first-order chi connectivity index (χ1) is 23.8. The summed E-state index contributed by atoms with van der Waals surface area (Å²) in [5.41, 5.74) is 13.0. The largest absolute Gasteiger partial charge is 0.228 e. The standard InChI is InChI=1S/C46H34N2/c1-3-14-31(15-4-1)44-30-45(32-16-5-2-6-17-32)48-46(47-44)42-25-12-7-20-36(42)35-19-13-18-33(28-35)34-26-27-41-39-23-9-8-21-37(39)38-22-10-11-24-40(38)43(41)29-34/h1-6,8-9,11-19,21,23-30H,7,10,20,22H2. The molecule has 0 saturated carbocycles. The highest BCUT2D eigenvalue weighted by molar-refractivity contribution is 6.14. The minimum atomic E-state index is 0.766. The van der Waals surface area contributed by atoms with Crippen molar-refractivity contribution < 1.29 is 0 Å². The number of hydrogen-bond acceptors (Lipinski definition) is 2. The zero-order valence-corrected chi connectivity index (χ0v) is 26.7. The minimum absolute atomic E-state index is 0.766. The van der Waals surface area contributed by atoms with E-state index < -0.39 is 0 Å². The van der Waals surface area contributed by atoms with E-state index in [1.807, 2.05) is 12.1 Å². The van der Waals surface area contributed by atoms with Gasteiger partial charge in [-0.05, 0) is 98.8 Å². The quantitative estimate of drug-likeness (QED) is 0.180. The summed E-state index contributed by atoms with van der Waals surface area (Å²) < 4.78 is 0. The number of nitrogens with zero attached hydrogens (tertiary/aromatic N) is 2. The highest BCUT2D eigenvalue weighted by Crippen LogP contribution is 2.40. The SMILES string of the molecule is C1=CC(c2nc(-c3ccccc3)cc(-c3ccccc3)n2)=C(c2cccc(-c3ccc4c(c3)c3c(c5ccccc54)CCC=C3)c2)CC1. The predicted octanol–water partition coefficient (Wildman–Crippen LogP) is 12.0. The molecule has 0 unspecified atom stereocenters. The Morgan fingerprint density at radius 3 is 1.79 bits per heavy atom. The molecule has 0 bridgehead atoms. The van der Waals surface area contributed by atoms with Crippen molar-refractivity contribution >= 4 is 38.8 Å². The van der Waals surface area contributed by atoms with Crippen LogP contribution >= 0.6 is 0 Å². The third-order valence-electron chi connectivity index (χ3n) is 9.84. The molecule has 0 saturated heterocycles. The van der Waals surface area contributed by atoms with Gasteiger partial charge in [-0.3, -0.25) is 0 Å². The van der Waals surface area contributed by atoms with E-state index in [-0.39, 0.29) is 0 Å². The van der Waals surface area contributed by atoms with Crippen LogP contribution < -0.4 is 0 Å². The van der Waals surface area contributed by atoms with Crippen LogP contribution in [0.1, 0.15) is 41.8 Å². The van der Waals surface area contributed by atoms with Crippen molar-refractivity contribution in [1.29, 1.82) is 0 Å². The van der Waals surface area contributed by atoms with Gasteiger partial charge in [0.15, 0.2) is 5.82 Å². The summed E-state index contributed by atoms with van der Waals surface area (Å²) >= 11 is 0. The van der Waals surface area contributed by atoms with Crippen molar-refractivity contribution in [2.75, 3.05) is 0 Å². The van der Waals surface area contributed by atoms with E-state index in [1.165, 1.54) is 54.9 Å². The van der Waals surface area contributed by atoms with Crippen LogP contribution in [0.3, 0.4) is 0 Å². The fourth-order valence-electron chi connectivity index (χ4n) is 7.50. The second kappa shape index (κ2) is 12.1. The first kappa shape index (κ1) is 28.4. The molecule has 0 amide bonds. The van der Waals surface area contributed by atoms with Gasteiger partial charge in [0.25, 0.3) is 0 Å². The Kier molecular flexibility index (Phi) is 7.13. The van der Waals surface area contributed by atoms with Gasteiger partial charge < -0.3 is 0 Å². The monoisotopic (exact) mass is 614 g/mol. The second-order valence-corrected chi connectivity index (χ2v) is 12.7. The van der Waals surface area contributed by atoms with Crippen LogP contribution in [-0.4, -0.2) is 9.97 Å². The van der Waals surface area contributed by atoms with Crippen LogP contribution in [0.25, 0.3) is 72.4 Å². The fourth-order valence-corrected chi connectivity index (χ4v) is 7.50. The molecule has 1 aromatic heterocycles. The Morgan fingerprint density at radius 2 is 1.02 bits per heavy atom. The number of aryl methyl sites for hydroxylation is 1. The Hall–Kier alpha value is -5.86. The van der Waals surface area contributed by atoms with Crippen molar-refractivity contribution in [3.63, 3.8) is 0 Å². The summed E-state index contributed by atoms with van der Waals surface area (Å²) in [5, 5.41) is 5.39. The molecule has 2 nitrogen and oxygen atoms in total. The first-order valence-corrected chi connectivity index (χ1v) is 16.9. The molecule has 2 heteroatoms. The molecule has 7 aromatic rings. The van der Waals surface area contributed by atoms with Gasteiger partial charge in [0, 0.05) is 16.7 Å². The summed E-state index contributed by atoms with van der Waals surface area (Å²) in [6, 6.07) is 47.9. The van der Waals surface area contributed by atoms with E-state index in [9.17, 15) is 0 Å². The molecule has 0 aliphatic heterocycles. The normalized spacial score (nSPS) is 14.1. The molecule has 228 valence electrons. The number of rotatable bonds is 5. The smallest absolute Gasteiger partial charge is 0.160 e. The molecule has 0 fully saturated rings. The molecule has 2 aliphatic carbocycles. The summed E-state index contributed by atoms with van der Waals surface area (Å²) in [6.45, 7) is 0. The maximum absolute atomic E-state index is 5.18. The number of hydrogen-bond donors (Lipinski definition) is 0. The lowest BCUT2D eigenvalue weighted by atomic mass is 9.85. The zero-order valence-electron chi connectivity index (χ0n) is 26.7. The van der Waals surface area contributed by atoms with Crippen LogP contribution in [0, 0.1) is 0 Å². The number of allylic oxidation sites excluding steroid dienone is 5. The fraction of sp³-hybridized carbons (Fsp3) is 0.0870. The third kappa shape index (κ3) is 5.07. The summed E-state index contributed by atoms with van der Waals surface area (Å²) in [5.74, 6) is 0.766. The minimum Gasteiger partial charge on any atom is -0.228 e. The average Bonchev–Trinajstić information content (AvgIpc) is 3.18. The highest BCUT2D eigenvalue weighted by atomic mass is 14.9. The van der Waals surface area contributed by atoms with Gasteiger partial charge in [0.2, 0.25) is 0 Å². The summed E-state index contributed by atoms with van der Waals surface area (Å²) in [4.78, 5) is 10.4. The Bertz CT molecular complexity index is 2370. The molecular formula is C46H34N2. The molecule has 0 atom stereocenters.